The topological polar surface area (TPSA) is 93.2 Å². The Morgan fingerprint density at radius 1 is 1.18 bits per heavy atom. The molecular weight excluding hydrogens is 380 g/mol. The second-order valence-electron chi connectivity index (χ2n) is 7.13. The minimum atomic E-state index is -0.667. The lowest BCUT2D eigenvalue weighted by molar-refractivity contribution is -0.140. The molecule has 0 saturated heterocycles. The van der Waals surface area contributed by atoms with Gasteiger partial charge in [-0.1, -0.05) is 23.7 Å². The molecule has 1 aromatic heterocycles. The molecule has 1 aliphatic carbocycles. The monoisotopic (exact) mass is 400 g/mol. The van der Waals surface area contributed by atoms with E-state index in [1.54, 1.807) is 6.20 Å². The zero-order valence-electron chi connectivity index (χ0n) is 15.3. The fraction of sp³-hybridized carbons (Fsp3) is 0.400. The number of amides is 2. The minimum absolute atomic E-state index is 0.0129. The Morgan fingerprint density at radius 2 is 1.96 bits per heavy atom. The Labute approximate surface area is 167 Å². The predicted molar refractivity (Wildman–Crippen MR) is 103 cm³/mol. The molecule has 0 atom stereocenters. The molecule has 2 N–H and O–H groups in total. The van der Waals surface area contributed by atoms with Crippen molar-refractivity contribution in [2.75, 3.05) is 6.61 Å². The zero-order valence-corrected chi connectivity index (χ0v) is 16.0. The van der Waals surface area contributed by atoms with Crippen LogP contribution in [0.3, 0.4) is 0 Å². The number of hydrogen-bond donors (Lipinski definition) is 2. The van der Waals surface area contributed by atoms with Crippen molar-refractivity contribution in [1.29, 1.82) is 0 Å². The summed E-state index contributed by atoms with van der Waals surface area (Å²) in [6.07, 6.45) is 4.08. The van der Waals surface area contributed by atoms with Gasteiger partial charge in [0.25, 0.3) is 0 Å². The van der Waals surface area contributed by atoms with Crippen LogP contribution in [0.15, 0.2) is 30.5 Å². The molecule has 2 aromatic rings. The Balaban J connectivity index is 1.22. The Morgan fingerprint density at radius 3 is 2.75 bits per heavy atom. The largest absolute Gasteiger partial charge is 0.376 e. The predicted octanol–water partition coefficient (Wildman–Crippen LogP) is 1.88. The minimum Gasteiger partial charge on any atom is -0.376 e. The van der Waals surface area contributed by atoms with Gasteiger partial charge in [-0.05, 0) is 36.5 Å². The van der Waals surface area contributed by atoms with Gasteiger partial charge in [0.2, 0.25) is 0 Å². The molecule has 146 valence electrons. The average Bonchev–Trinajstić information content (AvgIpc) is 2.69. The summed E-state index contributed by atoms with van der Waals surface area (Å²) < 4.78 is 5.35. The summed E-state index contributed by atoms with van der Waals surface area (Å²) in [5.41, 5.74) is 3.12. The van der Waals surface area contributed by atoms with Crippen molar-refractivity contribution in [3.8, 4) is 0 Å². The lowest BCUT2D eigenvalue weighted by Crippen LogP contribution is -2.49. The second kappa shape index (κ2) is 8.24. The molecule has 1 aliphatic heterocycles. The van der Waals surface area contributed by atoms with Crippen LogP contribution in [0.4, 0.5) is 0 Å². The van der Waals surface area contributed by atoms with Crippen LogP contribution in [0.2, 0.25) is 5.02 Å². The van der Waals surface area contributed by atoms with Crippen molar-refractivity contribution in [2.24, 2.45) is 0 Å². The molecule has 2 aliphatic rings. The first-order chi connectivity index (χ1) is 13.6. The first kappa shape index (κ1) is 18.8. The van der Waals surface area contributed by atoms with Gasteiger partial charge >= 0.3 is 11.8 Å². The zero-order chi connectivity index (χ0) is 19.5. The van der Waals surface area contributed by atoms with Gasteiger partial charge in [0.1, 0.15) is 5.82 Å². The maximum atomic E-state index is 12.1. The van der Waals surface area contributed by atoms with E-state index in [1.165, 1.54) is 5.56 Å². The molecule has 0 unspecified atom stereocenters. The maximum Gasteiger partial charge on any atom is 0.309 e. The van der Waals surface area contributed by atoms with E-state index in [4.69, 9.17) is 16.3 Å². The highest BCUT2D eigenvalue weighted by Gasteiger charge is 2.32. The normalized spacial score (nSPS) is 20.6. The van der Waals surface area contributed by atoms with E-state index in [0.717, 1.165) is 30.5 Å². The van der Waals surface area contributed by atoms with Gasteiger partial charge < -0.3 is 15.4 Å². The van der Waals surface area contributed by atoms with Crippen LogP contribution in [0, 0.1) is 0 Å². The van der Waals surface area contributed by atoms with Crippen LogP contribution in [0.25, 0.3) is 0 Å². The molecule has 0 bridgehead atoms. The molecule has 0 radical (unpaired) electrons. The van der Waals surface area contributed by atoms with Gasteiger partial charge in [-0.2, -0.15) is 0 Å². The van der Waals surface area contributed by atoms with Gasteiger partial charge in [-0.15, -0.1) is 0 Å². The molecule has 28 heavy (non-hydrogen) atoms. The van der Waals surface area contributed by atoms with Crippen LogP contribution < -0.4 is 10.6 Å². The number of benzene rings is 1. The number of carbonyl (C=O) groups excluding carboxylic acids is 2. The van der Waals surface area contributed by atoms with E-state index in [2.05, 4.69) is 20.6 Å². The standard InChI is InChI=1S/C20H21ClN4O3/c21-15-3-1-12(2-4-15)13-7-16(8-13)24-20(27)19(26)23-10-18-22-9-14-11-28-6-5-17(14)25-18/h1-4,9,13,16H,5-8,10-11H2,(H,23,26)(H,24,27). The Bertz CT molecular complexity index is 882. The lowest BCUT2D eigenvalue weighted by atomic mass is 9.76. The Kier molecular flexibility index (Phi) is 5.54. The fourth-order valence-corrected chi connectivity index (χ4v) is 3.62. The number of nitrogens with one attached hydrogen (secondary N) is 2. The number of hydrogen-bond acceptors (Lipinski definition) is 5. The van der Waals surface area contributed by atoms with Crippen molar-refractivity contribution in [3.05, 3.63) is 58.1 Å². The summed E-state index contributed by atoms with van der Waals surface area (Å²) in [4.78, 5) is 32.8. The van der Waals surface area contributed by atoms with E-state index < -0.39 is 11.8 Å². The number of rotatable bonds is 4. The summed E-state index contributed by atoms with van der Waals surface area (Å²) in [5, 5.41) is 6.07. The quantitative estimate of drug-likeness (QED) is 0.764. The van der Waals surface area contributed by atoms with Gasteiger partial charge in [-0.3, -0.25) is 9.59 Å². The number of fused-ring (bicyclic) bond motifs is 1. The molecule has 2 amide bonds. The highest BCUT2D eigenvalue weighted by Crippen LogP contribution is 2.37. The first-order valence-corrected chi connectivity index (χ1v) is 9.72. The summed E-state index contributed by atoms with van der Waals surface area (Å²) in [6.45, 7) is 1.28. The van der Waals surface area contributed by atoms with E-state index in [-0.39, 0.29) is 12.6 Å². The van der Waals surface area contributed by atoms with E-state index in [1.807, 2.05) is 24.3 Å². The third kappa shape index (κ3) is 4.31. The Hall–Kier alpha value is -2.51. The highest BCUT2D eigenvalue weighted by atomic mass is 35.5. The molecule has 4 rings (SSSR count). The van der Waals surface area contributed by atoms with Crippen LogP contribution in [0.5, 0.6) is 0 Å². The van der Waals surface area contributed by atoms with Crippen LogP contribution in [0.1, 0.15) is 41.4 Å². The summed E-state index contributed by atoms with van der Waals surface area (Å²) in [7, 11) is 0. The number of halogens is 1. The van der Waals surface area contributed by atoms with E-state index in [9.17, 15) is 9.59 Å². The van der Waals surface area contributed by atoms with Gasteiger partial charge in [-0.25, -0.2) is 9.97 Å². The molecule has 1 saturated carbocycles. The summed E-state index contributed by atoms with van der Waals surface area (Å²) in [6, 6.07) is 7.75. The van der Waals surface area contributed by atoms with Gasteiger partial charge in [0, 0.05) is 29.2 Å². The SMILES string of the molecule is O=C(NCc1ncc2c(n1)CCOC2)C(=O)NC1CC(c2ccc(Cl)cc2)C1. The molecular formula is C20H21ClN4O3. The molecule has 0 spiro atoms. The molecule has 1 fully saturated rings. The van der Waals surface area contributed by atoms with Crippen molar-refractivity contribution in [2.45, 2.75) is 44.4 Å². The smallest absolute Gasteiger partial charge is 0.309 e. The molecule has 2 heterocycles. The first-order valence-electron chi connectivity index (χ1n) is 9.34. The highest BCUT2D eigenvalue weighted by molar-refractivity contribution is 6.35. The fourth-order valence-electron chi connectivity index (χ4n) is 3.49. The van der Waals surface area contributed by atoms with Gasteiger partial charge in [0.15, 0.2) is 0 Å². The van der Waals surface area contributed by atoms with Gasteiger partial charge in [0.05, 0.1) is 25.5 Å². The number of aromatic nitrogens is 2. The molecule has 1 aromatic carbocycles. The number of nitrogens with zero attached hydrogens (tertiary/aromatic N) is 2. The van der Waals surface area contributed by atoms with Crippen molar-refractivity contribution in [1.82, 2.24) is 20.6 Å². The van der Waals surface area contributed by atoms with Crippen molar-refractivity contribution in [3.63, 3.8) is 0 Å². The molecule has 7 nitrogen and oxygen atoms in total. The number of carbonyl (C=O) groups is 2. The van der Waals surface area contributed by atoms with Crippen LogP contribution in [-0.2, 0) is 33.9 Å². The number of ether oxygens (including phenoxy) is 1. The lowest BCUT2D eigenvalue weighted by Gasteiger charge is -2.36. The third-order valence-corrected chi connectivity index (χ3v) is 5.42. The van der Waals surface area contributed by atoms with Crippen LogP contribution >= 0.6 is 11.6 Å². The average molecular weight is 401 g/mol. The van der Waals surface area contributed by atoms with Crippen LogP contribution in [-0.4, -0.2) is 34.4 Å². The van der Waals surface area contributed by atoms with Crippen molar-refractivity contribution >= 4 is 23.4 Å². The molecule has 8 heteroatoms. The van der Waals surface area contributed by atoms with Crippen molar-refractivity contribution < 1.29 is 14.3 Å². The third-order valence-electron chi connectivity index (χ3n) is 5.17. The maximum absolute atomic E-state index is 12.1. The summed E-state index contributed by atoms with van der Waals surface area (Å²) in [5.74, 6) is -0.405. The second-order valence-corrected chi connectivity index (χ2v) is 7.57. The summed E-state index contributed by atoms with van der Waals surface area (Å²) >= 11 is 5.90. The van der Waals surface area contributed by atoms with E-state index in [0.29, 0.717) is 30.0 Å². The van der Waals surface area contributed by atoms with E-state index >= 15 is 0 Å².